The molecule has 3 aromatic rings. The standard InChI is InChI=1S/C19H20N5O3/c1-19(2)26-13-9-25-18(15(13)27-19)24-11-23-14-16(21-10-22-17(14)24)20-8-12-6-4-3-5-7-12/h3-7,9-11,13,15,18H,8H2,1-2H3,(H,20,21,22)/t13-,15-,18-/m1/s1. The fourth-order valence-electron chi connectivity index (χ4n) is 3.55. The molecule has 2 saturated heterocycles. The van der Waals surface area contributed by atoms with Crippen LogP contribution in [0.15, 0.2) is 43.0 Å². The Kier molecular flexibility index (Phi) is 3.85. The summed E-state index contributed by atoms with van der Waals surface area (Å²) in [6.07, 6.45) is 2.41. The summed E-state index contributed by atoms with van der Waals surface area (Å²) in [6, 6.07) is 10.1. The van der Waals surface area contributed by atoms with E-state index >= 15 is 0 Å². The van der Waals surface area contributed by atoms with Gasteiger partial charge in [0.2, 0.25) is 0 Å². The van der Waals surface area contributed by atoms with Gasteiger partial charge in [0.15, 0.2) is 29.0 Å². The maximum Gasteiger partial charge on any atom is 0.167 e. The molecular weight excluding hydrogens is 346 g/mol. The Hall–Kier alpha value is -2.55. The SMILES string of the molecule is CC1(C)O[C@H]2[C@H](n3cnc4c(NCc5ccccc5)ncnc43)O[CH][C@H]2O1. The van der Waals surface area contributed by atoms with Crippen molar-refractivity contribution < 1.29 is 14.2 Å². The molecule has 2 aliphatic rings. The molecule has 8 nitrogen and oxygen atoms in total. The molecule has 0 spiro atoms. The Balaban J connectivity index is 1.42. The van der Waals surface area contributed by atoms with Crippen LogP contribution < -0.4 is 5.32 Å². The summed E-state index contributed by atoms with van der Waals surface area (Å²) in [7, 11) is 0. The zero-order valence-corrected chi connectivity index (χ0v) is 15.1. The molecule has 2 aliphatic heterocycles. The Morgan fingerprint density at radius 1 is 1.11 bits per heavy atom. The van der Waals surface area contributed by atoms with Crippen LogP contribution in [0.4, 0.5) is 5.82 Å². The number of benzene rings is 1. The molecule has 2 fully saturated rings. The van der Waals surface area contributed by atoms with E-state index < -0.39 is 5.79 Å². The maximum absolute atomic E-state index is 6.01. The second kappa shape index (κ2) is 6.26. The molecule has 5 rings (SSSR count). The number of anilines is 1. The van der Waals surface area contributed by atoms with E-state index in [0.717, 1.165) is 0 Å². The minimum Gasteiger partial charge on any atom is -0.364 e. The summed E-state index contributed by atoms with van der Waals surface area (Å²) < 4.78 is 19.5. The predicted octanol–water partition coefficient (Wildman–Crippen LogP) is 2.65. The van der Waals surface area contributed by atoms with E-state index in [0.29, 0.717) is 23.5 Å². The van der Waals surface area contributed by atoms with Gasteiger partial charge in [0, 0.05) is 6.54 Å². The summed E-state index contributed by atoms with van der Waals surface area (Å²) in [5.74, 6) is 0.0480. The number of imidazole rings is 1. The number of rotatable bonds is 4. The van der Waals surface area contributed by atoms with E-state index in [1.54, 1.807) is 12.9 Å². The lowest BCUT2D eigenvalue weighted by atomic mass is 10.2. The zero-order valence-electron chi connectivity index (χ0n) is 15.1. The third-order valence-corrected chi connectivity index (χ3v) is 4.73. The Labute approximate surface area is 156 Å². The topological polar surface area (TPSA) is 83.3 Å². The highest BCUT2D eigenvalue weighted by Gasteiger charge is 2.51. The summed E-state index contributed by atoms with van der Waals surface area (Å²) >= 11 is 0. The lowest BCUT2D eigenvalue weighted by molar-refractivity contribution is -0.175. The van der Waals surface area contributed by atoms with Crippen molar-refractivity contribution in [2.45, 2.75) is 44.6 Å². The second-order valence-electron chi connectivity index (χ2n) is 7.11. The van der Waals surface area contributed by atoms with Gasteiger partial charge in [-0.25, -0.2) is 15.0 Å². The molecule has 1 N–H and O–H groups in total. The van der Waals surface area contributed by atoms with Gasteiger partial charge in [-0.15, -0.1) is 0 Å². The molecule has 0 amide bonds. The Morgan fingerprint density at radius 2 is 1.96 bits per heavy atom. The first-order chi connectivity index (χ1) is 13.1. The third-order valence-electron chi connectivity index (χ3n) is 4.73. The fourth-order valence-corrected chi connectivity index (χ4v) is 3.55. The quantitative estimate of drug-likeness (QED) is 0.760. The molecule has 2 aromatic heterocycles. The molecule has 139 valence electrons. The summed E-state index contributed by atoms with van der Waals surface area (Å²) in [5.41, 5.74) is 2.55. The summed E-state index contributed by atoms with van der Waals surface area (Å²) in [4.78, 5) is 13.3. The number of aromatic nitrogens is 4. The van der Waals surface area contributed by atoms with Crippen molar-refractivity contribution in [3.05, 3.63) is 55.2 Å². The zero-order chi connectivity index (χ0) is 18.4. The van der Waals surface area contributed by atoms with Crippen molar-refractivity contribution in [2.75, 3.05) is 5.32 Å². The first-order valence-corrected chi connectivity index (χ1v) is 8.90. The predicted molar refractivity (Wildman–Crippen MR) is 97.3 cm³/mol. The van der Waals surface area contributed by atoms with Crippen molar-refractivity contribution in [3.63, 3.8) is 0 Å². The molecule has 3 atom stereocenters. The molecule has 0 unspecified atom stereocenters. The molecule has 0 saturated carbocycles. The lowest BCUT2D eigenvalue weighted by Gasteiger charge is -2.22. The minimum absolute atomic E-state index is 0.208. The number of fused-ring (bicyclic) bond motifs is 2. The highest BCUT2D eigenvalue weighted by Crippen LogP contribution is 2.42. The van der Waals surface area contributed by atoms with Crippen molar-refractivity contribution in [1.29, 1.82) is 0 Å². The van der Waals surface area contributed by atoms with Gasteiger partial charge in [0.25, 0.3) is 0 Å². The van der Waals surface area contributed by atoms with Crippen molar-refractivity contribution in [1.82, 2.24) is 19.5 Å². The number of ether oxygens (including phenoxy) is 3. The normalized spacial score (nSPS) is 26.4. The third kappa shape index (κ3) is 2.95. The maximum atomic E-state index is 6.01. The van der Waals surface area contributed by atoms with Gasteiger partial charge in [-0.1, -0.05) is 30.3 Å². The van der Waals surface area contributed by atoms with Crippen LogP contribution in [-0.2, 0) is 20.8 Å². The van der Waals surface area contributed by atoms with Gasteiger partial charge in [0.1, 0.15) is 25.1 Å². The van der Waals surface area contributed by atoms with E-state index in [4.69, 9.17) is 14.2 Å². The van der Waals surface area contributed by atoms with Gasteiger partial charge >= 0.3 is 0 Å². The number of nitrogens with one attached hydrogen (secondary N) is 1. The minimum atomic E-state index is -0.637. The van der Waals surface area contributed by atoms with Crippen LogP contribution in [0.2, 0.25) is 0 Å². The monoisotopic (exact) mass is 366 g/mol. The summed E-state index contributed by atoms with van der Waals surface area (Å²) in [5, 5.41) is 3.34. The van der Waals surface area contributed by atoms with Crippen LogP contribution >= 0.6 is 0 Å². The van der Waals surface area contributed by atoms with Gasteiger partial charge < -0.3 is 19.5 Å². The second-order valence-corrected chi connectivity index (χ2v) is 7.11. The molecule has 0 aliphatic carbocycles. The fraction of sp³-hybridized carbons (Fsp3) is 0.368. The van der Waals surface area contributed by atoms with Gasteiger partial charge in [0.05, 0.1) is 6.33 Å². The van der Waals surface area contributed by atoms with Crippen molar-refractivity contribution in [2.24, 2.45) is 0 Å². The van der Waals surface area contributed by atoms with Crippen LogP contribution in [0, 0.1) is 6.61 Å². The van der Waals surface area contributed by atoms with Gasteiger partial charge in [-0.3, -0.25) is 4.57 Å². The molecule has 27 heavy (non-hydrogen) atoms. The van der Waals surface area contributed by atoms with Crippen molar-refractivity contribution in [3.8, 4) is 0 Å². The van der Waals surface area contributed by atoms with Gasteiger partial charge in [-0.2, -0.15) is 0 Å². The highest BCUT2D eigenvalue weighted by atomic mass is 16.8. The Morgan fingerprint density at radius 3 is 2.81 bits per heavy atom. The molecule has 4 heterocycles. The van der Waals surface area contributed by atoms with E-state index in [1.165, 1.54) is 11.9 Å². The largest absolute Gasteiger partial charge is 0.364 e. The van der Waals surface area contributed by atoms with E-state index in [1.807, 2.05) is 36.6 Å². The van der Waals surface area contributed by atoms with Crippen LogP contribution in [0.3, 0.4) is 0 Å². The van der Waals surface area contributed by atoms with Crippen LogP contribution in [0.1, 0.15) is 25.6 Å². The molecule has 1 radical (unpaired) electrons. The van der Waals surface area contributed by atoms with E-state index in [2.05, 4.69) is 32.4 Å². The smallest absolute Gasteiger partial charge is 0.167 e. The number of hydrogen-bond acceptors (Lipinski definition) is 7. The van der Waals surface area contributed by atoms with Crippen molar-refractivity contribution >= 4 is 17.0 Å². The number of nitrogens with zero attached hydrogens (tertiary/aromatic N) is 4. The average molecular weight is 366 g/mol. The molecule has 1 aromatic carbocycles. The van der Waals surface area contributed by atoms with E-state index in [-0.39, 0.29) is 18.4 Å². The van der Waals surface area contributed by atoms with Gasteiger partial charge in [-0.05, 0) is 19.4 Å². The summed E-state index contributed by atoms with van der Waals surface area (Å²) in [6.45, 7) is 6.14. The average Bonchev–Trinajstić information content (AvgIpc) is 3.32. The van der Waals surface area contributed by atoms with Crippen LogP contribution in [0.5, 0.6) is 0 Å². The lowest BCUT2D eigenvalue weighted by Crippen LogP contribution is -2.27. The molecule has 0 bridgehead atoms. The van der Waals surface area contributed by atoms with Crippen LogP contribution in [-0.4, -0.2) is 37.5 Å². The highest BCUT2D eigenvalue weighted by molar-refractivity contribution is 5.82. The van der Waals surface area contributed by atoms with E-state index in [9.17, 15) is 0 Å². The molecule has 8 heteroatoms. The Bertz CT molecular complexity index is 958. The first kappa shape index (κ1) is 16.6. The molecular formula is C19H20N5O3. The number of hydrogen-bond donors (Lipinski definition) is 1. The van der Waals surface area contributed by atoms with Crippen LogP contribution in [0.25, 0.3) is 11.2 Å². The first-order valence-electron chi connectivity index (χ1n) is 8.90.